The summed E-state index contributed by atoms with van der Waals surface area (Å²) in [4.78, 5) is 27.3. The molecular formula is C25H33ClN6O2. The number of aromatic amines is 1. The zero-order valence-electron chi connectivity index (χ0n) is 19.5. The van der Waals surface area contributed by atoms with E-state index < -0.39 is 0 Å². The Morgan fingerprint density at radius 1 is 1.18 bits per heavy atom. The van der Waals surface area contributed by atoms with E-state index in [0.29, 0.717) is 29.9 Å². The summed E-state index contributed by atoms with van der Waals surface area (Å²) in [6.45, 7) is 3.96. The van der Waals surface area contributed by atoms with Crippen LogP contribution in [0.5, 0.6) is 5.88 Å². The maximum Gasteiger partial charge on any atom is 0.258 e. The van der Waals surface area contributed by atoms with Crippen LogP contribution >= 0.6 is 12.4 Å². The number of aromatic nitrogens is 3. The fraction of sp³-hybridized carbons (Fsp3) is 0.480. The topological polar surface area (TPSA) is 95.2 Å². The van der Waals surface area contributed by atoms with Crippen LogP contribution in [0, 0.1) is 5.92 Å². The van der Waals surface area contributed by atoms with Crippen LogP contribution in [0.25, 0.3) is 10.9 Å². The third kappa shape index (κ3) is 5.68. The van der Waals surface area contributed by atoms with Crippen LogP contribution < -0.4 is 15.4 Å². The van der Waals surface area contributed by atoms with E-state index in [1.54, 1.807) is 24.5 Å². The van der Waals surface area contributed by atoms with Gasteiger partial charge in [0.25, 0.3) is 5.91 Å². The Bertz CT molecular complexity index is 1100. The summed E-state index contributed by atoms with van der Waals surface area (Å²) in [6.07, 6.45) is 9.18. The minimum atomic E-state index is -0.238. The van der Waals surface area contributed by atoms with Crippen molar-refractivity contribution in [3.63, 3.8) is 0 Å². The summed E-state index contributed by atoms with van der Waals surface area (Å²) in [5, 5.41) is 7.31. The molecule has 9 heteroatoms. The number of pyridine rings is 2. The number of H-pyrrole nitrogens is 1. The number of halogens is 1. The molecule has 1 atom stereocenters. The lowest BCUT2D eigenvalue weighted by atomic mass is 9.95. The van der Waals surface area contributed by atoms with E-state index in [2.05, 4.69) is 43.6 Å². The van der Waals surface area contributed by atoms with Gasteiger partial charge in [-0.1, -0.05) is 0 Å². The third-order valence-electron chi connectivity index (χ3n) is 6.88. The molecular weight excluding hydrogens is 452 g/mol. The summed E-state index contributed by atoms with van der Waals surface area (Å²) in [5.41, 5.74) is 2.66. The second-order valence-corrected chi connectivity index (χ2v) is 9.19. The Morgan fingerprint density at radius 3 is 2.76 bits per heavy atom. The van der Waals surface area contributed by atoms with Gasteiger partial charge in [-0.3, -0.25) is 9.69 Å². The highest BCUT2D eigenvalue weighted by atomic mass is 35.5. The molecule has 2 aliphatic rings. The Balaban J connectivity index is 0.00000274. The van der Waals surface area contributed by atoms with Crippen molar-refractivity contribution < 1.29 is 9.53 Å². The highest BCUT2D eigenvalue weighted by Gasteiger charge is 2.24. The highest BCUT2D eigenvalue weighted by molar-refractivity contribution is 6.04. The molecule has 182 valence electrons. The lowest BCUT2D eigenvalue weighted by Crippen LogP contribution is -2.28. The molecule has 5 heterocycles. The number of piperidine rings is 1. The van der Waals surface area contributed by atoms with E-state index in [0.717, 1.165) is 49.3 Å². The van der Waals surface area contributed by atoms with Gasteiger partial charge in [0.05, 0.1) is 17.7 Å². The average Bonchev–Trinajstić information content (AvgIpc) is 3.45. The van der Waals surface area contributed by atoms with Crippen molar-refractivity contribution >= 4 is 35.0 Å². The normalized spacial score (nSPS) is 19.1. The van der Waals surface area contributed by atoms with E-state index in [-0.39, 0.29) is 18.3 Å². The minimum absolute atomic E-state index is 0. The number of likely N-dealkylation sites (tertiary alicyclic amines) is 1. The zero-order valence-corrected chi connectivity index (χ0v) is 20.4. The number of ether oxygens (including phenoxy) is 1. The van der Waals surface area contributed by atoms with Crippen LogP contribution in [-0.4, -0.2) is 59.0 Å². The van der Waals surface area contributed by atoms with Crippen molar-refractivity contribution in [3.05, 3.63) is 47.9 Å². The fourth-order valence-electron chi connectivity index (χ4n) is 4.89. The molecule has 34 heavy (non-hydrogen) atoms. The molecule has 2 saturated heterocycles. The van der Waals surface area contributed by atoms with Gasteiger partial charge in [0.15, 0.2) is 0 Å². The number of anilines is 1. The van der Waals surface area contributed by atoms with Gasteiger partial charge in [-0.2, -0.15) is 0 Å². The number of hydrogen-bond donors (Lipinski definition) is 3. The second kappa shape index (κ2) is 11.2. The lowest BCUT2D eigenvalue weighted by molar-refractivity contribution is 0.102. The predicted molar refractivity (Wildman–Crippen MR) is 136 cm³/mol. The van der Waals surface area contributed by atoms with Crippen molar-refractivity contribution in [1.82, 2.24) is 25.2 Å². The summed E-state index contributed by atoms with van der Waals surface area (Å²) >= 11 is 0. The van der Waals surface area contributed by atoms with Gasteiger partial charge >= 0.3 is 0 Å². The van der Waals surface area contributed by atoms with E-state index in [9.17, 15) is 4.79 Å². The van der Waals surface area contributed by atoms with Crippen molar-refractivity contribution in [3.8, 4) is 5.88 Å². The predicted octanol–water partition coefficient (Wildman–Crippen LogP) is 4.17. The third-order valence-corrected chi connectivity index (χ3v) is 6.88. The molecule has 0 radical (unpaired) electrons. The van der Waals surface area contributed by atoms with E-state index in [1.165, 1.54) is 25.0 Å². The smallest absolute Gasteiger partial charge is 0.258 e. The molecule has 0 aliphatic carbocycles. The second-order valence-electron chi connectivity index (χ2n) is 9.19. The van der Waals surface area contributed by atoms with Crippen LogP contribution in [0.1, 0.15) is 54.2 Å². The summed E-state index contributed by atoms with van der Waals surface area (Å²) in [7, 11) is 2.16. The van der Waals surface area contributed by atoms with Gasteiger partial charge in [0.1, 0.15) is 5.82 Å². The number of nitrogens with one attached hydrogen (secondary N) is 3. The highest BCUT2D eigenvalue weighted by Crippen LogP contribution is 2.32. The minimum Gasteiger partial charge on any atom is -0.478 e. The molecule has 3 N–H and O–H groups in total. The standard InChI is InChI=1S/C25H32N6O2.ClH/c1-31-11-2-3-22(31)21-13-19-16-27-23(14-20(19)29-21)30-25(32)18-4-5-24(28-15-18)33-12-8-17-6-9-26-10-7-17;/h4-5,13-17,22,26,29H,2-3,6-12H2,1H3,(H,27,30,32);1H/t22-;/m1./s1. The van der Waals surface area contributed by atoms with Gasteiger partial charge in [-0.25, -0.2) is 9.97 Å². The number of carbonyl (C=O) groups is 1. The van der Waals surface area contributed by atoms with Gasteiger partial charge in [0.2, 0.25) is 5.88 Å². The Kier molecular flexibility index (Phi) is 8.03. The van der Waals surface area contributed by atoms with Crippen LogP contribution in [0.3, 0.4) is 0 Å². The molecule has 0 spiro atoms. The molecule has 0 aromatic carbocycles. The number of rotatable bonds is 7. The molecule has 3 aromatic heterocycles. The van der Waals surface area contributed by atoms with Crippen LogP contribution in [0.2, 0.25) is 0 Å². The van der Waals surface area contributed by atoms with E-state index >= 15 is 0 Å². The molecule has 8 nitrogen and oxygen atoms in total. The number of nitrogens with zero attached hydrogens (tertiary/aromatic N) is 3. The van der Waals surface area contributed by atoms with Crippen molar-refractivity contribution in [2.45, 2.75) is 38.1 Å². The molecule has 2 aliphatic heterocycles. The summed E-state index contributed by atoms with van der Waals surface area (Å²) in [5.74, 6) is 1.55. The maximum absolute atomic E-state index is 12.7. The molecule has 0 bridgehead atoms. The molecule has 1 amide bonds. The Labute approximate surface area is 206 Å². The van der Waals surface area contributed by atoms with Crippen molar-refractivity contribution in [2.75, 3.05) is 38.6 Å². The number of hydrogen-bond acceptors (Lipinski definition) is 6. The monoisotopic (exact) mass is 484 g/mol. The zero-order chi connectivity index (χ0) is 22.6. The largest absolute Gasteiger partial charge is 0.478 e. The van der Waals surface area contributed by atoms with Crippen molar-refractivity contribution in [1.29, 1.82) is 0 Å². The van der Waals surface area contributed by atoms with Crippen LogP contribution in [0.4, 0.5) is 5.82 Å². The van der Waals surface area contributed by atoms with Crippen LogP contribution in [-0.2, 0) is 0 Å². The number of fused-ring (bicyclic) bond motifs is 1. The SMILES string of the molecule is CN1CCC[C@@H]1c1cc2cnc(NC(=O)c3ccc(OCCC4CCNCC4)nc3)cc2[nH]1.Cl. The molecule has 0 unspecified atom stereocenters. The van der Waals surface area contributed by atoms with Gasteiger partial charge in [-0.15, -0.1) is 12.4 Å². The van der Waals surface area contributed by atoms with Crippen molar-refractivity contribution in [2.24, 2.45) is 5.92 Å². The molecule has 5 rings (SSSR count). The maximum atomic E-state index is 12.7. The first kappa shape index (κ1) is 24.4. The summed E-state index contributed by atoms with van der Waals surface area (Å²) < 4.78 is 5.78. The Hall–Kier alpha value is -2.68. The van der Waals surface area contributed by atoms with E-state index in [1.807, 2.05) is 6.07 Å². The molecule has 0 saturated carbocycles. The number of amides is 1. The first-order valence-electron chi connectivity index (χ1n) is 12.0. The van der Waals surface area contributed by atoms with Crippen LogP contribution in [0.15, 0.2) is 36.7 Å². The first-order valence-corrected chi connectivity index (χ1v) is 12.0. The quantitative estimate of drug-likeness (QED) is 0.466. The summed E-state index contributed by atoms with van der Waals surface area (Å²) in [6, 6.07) is 7.96. The number of carbonyl (C=O) groups excluding carboxylic acids is 1. The Morgan fingerprint density at radius 2 is 2.03 bits per heavy atom. The van der Waals surface area contributed by atoms with Gasteiger partial charge in [0, 0.05) is 41.6 Å². The lowest BCUT2D eigenvalue weighted by Gasteiger charge is -2.22. The van der Waals surface area contributed by atoms with Gasteiger partial charge in [-0.05, 0) is 76.8 Å². The van der Waals surface area contributed by atoms with E-state index in [4.69, 9.17) is 4.74 Å². The first-order chi connectivity index (χ1) is 16.2. The molecule has 3 aromatic rings. The average molecular weight is 485 g/mol. The van der Waals surface area contributed by atoms with Gasteiger partial charge < -0.3 is 20.4 Å². The fourth-order valence-corrected chi connectivity index (χ4v) is 4.89. The molecule has 2 fully saturated rings.